The molecule has 0 spiro atoms. The molecular formula is C18H28O2. The van der Waals surface area contributed by atoms with Gasteiger partial charge in [0.2, 0.25) is 0 Å². The van der Waals surface area contributed by atoms with E-state index in [1.807, 2.05) is 30.3 Å². The van der Waals surface area contributed by atoms with Crippen LogP contribution in [-0.4, -0.2) is 5.97 Å². The van der Waals surface area contributed by atoms with Gasteiger partial charge in [-0.3, -0.25) is 4.79 Å². The van der Waals surface area contributed by atoms with E-state index in [1.165, 1.54) is 12.8 Å². The average Bonchev–Trinajstić information content (AvgIpc) is 2.41. The fraction of sp³-hybridized carbons (Fsp3) is 0.611. The molecule has 1 rings (SSSR count). The highest BCUT2D eigenvalue weighted by atomic mass is 16.5. The highest BCUT2D eigenvalue weighted by Gasteiger charge is 2.31. The van der Waals surface area contributed by atoms with Crippen molar-refractivity contribution in [1.29, 1.82) is 0 Å². The fourth-order valence-electron chi connectivity index (χ4n) is 2.33. The van der Waals surface area contributed by atoms with Crippen LogP contribution in [0.5, 0.6) is 0 Å². The van der Waals surface area contributed by atoms with E-state index < -0.39 is 0 Å². The summed E-state index contributed by atoms with van der Waals surface area (Å²) in [5.41, 5.74) is 1.00. The second kappa shape index (κ2) is 8.08. The predicted octanol–water partition coefficient (Wildman–Crippen LogP) is 4.97. The third-order valence-corrected chi connectivity index (χ3v) is 3.65. The van der Waals surface area contributed by atoms with E-state index in [4.69, 9.17) is 4.74 Å². The van der Waals surface area contributed by atoms with Crippen LogP contribution < -0.4 is 0 Å². The van der Waals surface area contributed by atoms with Crippen molar-refractivity contribution >= 4 is 5.97 Å². The lowest BCUT2D eigenvalue weighted by molar-refractivity contribution is -0.154. The Bertz CT molecular complexity index is 390. The number of carbonyl (C=O) groups is 1. The van der Waals surface area contributed by atoms with Crippen LogP contribution in [-0.2, 0) is 16.1 Å². The van der Waals surface area contributed by atoms with Crippen molar-refractivity contribution in [2.24, 2.45) is 11.3 Å². The van der Waals surface area contributed by atoms with Crippen LogP contribution in [0.2, 0.25) is 0 Å². The summed E-state index contributed by atoms with van der Waals surface area (Å²) in [5.74, 6) is -0.0739. The molecule has 0 saturated heterocycles. The minimum atomic E-state index is -0.0579. The minimum Gasteiger partial charge on any atom is -0.461 e. The first-order valence-corrected chi connectivity index (χ1v) is 7.65. The summed E-state index contributed by atoms with van der Waals surface area (Å²) in [5, 5.41) is 0. The van der Waals surface area contributed by atoms with Gasteiger partial charge in [0, 0.05) is 0 Å². The van der Waals surface area contributed by atoms with E-state index in [0.29, 0.717) is 6.61 Å². The molecule has 20 heavy (non-hydrogen) atoms. The zero-order chi connectivity index (χ0) is 15.0. The van der Waals surface area contributed by atoms with Gasteiger partial charge in [-0.25, -0.2) is 0 Å². The number of unbranched alkanes of at least 4 members (excludes halogenated alkanes) is 2. The van der Waals surface area contributed by atoms with Gasteiger partial charge in [0.1, 0.15) is 6.61 Å². The van der Waals surface area contributed by atoms with Gasteiger partial charge >= 0.3 is 5.97 Å². The molecule has 0 aliphatic carbocycles. The van der Waals surface area contributed by atoms with Crippen LogP contribution >= 0.6 is 0 Å². The molecule has 0 radical (unpaired) electrons. The lowest BCUT2D eigenvalue weighted by Crippen LogP contribution is -2.30. The molecule has 0 aliphatic heterocycles. The van der Waals surface area contributed by atoms with Gasteiger partial charge in [0.15, 0.2) is 0 Å². The number of ether oxygens (including phenoxy) is 1. The Morgan fingerprint density at radius 1 is 1.15 bits per heavy atom. The van der Waals surface area contributed by atoms with E-state index in [9.17, 15) is 4.79 Å². The average molecular weight is 276 g/mol. The van der Waals surface area contributed by atoms with Crippen LogP contribution in [0.1, 0.15) is 58.9 Å². The van der Waals surface area contributed by atoms with Crippen molar-refractivity contribution in [3.05, 3.63) is 35.9 Å². The van der Waals surface area contributed by atoms with Crippen LogP contribution in [0.3, 0.4) is 0 Å². The summed E-state index contributed by atoms with van der Waals surface area (Å²) in [4.78, 5) is 12.3. The molecule has 0 aliphatic rings. The molecule has 0 saturated carbocycles. The van der Waals surface area contributed by atoms with Crippen molar-refractivity contribution in [3.8, 4) is 0 Å². The predicted molar refractivity (Wildman–Crippen MR) is 83.3 cm³/mol. The summed E-state index contributed by atoms with van der Waals surface area (Å²) in [6.45, 7) is 8.91. The van der Waals surface area contributed by atoms with Crippen molar-refractivity contribution in [1.82, 2.24) is 0 Å². The Morgan fingerprint density at radius 3 is 2.35 bits per heavy atom. The number of hydrogen-bond donors (Lipinski definition) is 0. The number of rotatable bonds is 7. The summed E-state index contributed by atoms with van der Waals surface area (Å²) >= 11 is 0. The van der Waals surface area contributed by atoms with Crippen molar-refractivity contribution in [2.75, 3.05) is 0 Å². The van der Waals surface area contributed by atoms with Gasteiger partial charge in [0.05, 0.1) is 5.92 Å². The van der Waals surface area contributed by atoms with E-state index in [2.05, 4.69) is 27.7 Å². The summed E-state index contributed by atoms with van der Waals surface area (Å²) in [7, 11) is 0. The molecule has 1 unspecified atom stereocenters. The zero-order valence-corrected chi connectivity index (χ0v) is 13.3. The number of benzene rings is 1. The smallest absolute Gasteiger partial charge is 0.309 e. The standard InChI is InChI=1S/C18H28O2/c1-5-6-8-13-16(18(2,3)4)17(19)20-14-15-11-9-7-10-12-15/h7,9-12,16H,5-6,8,13-14H2,1-4H3. The molecule has 2 heteroatoms. The largest absolute Gasteiger partial charge is 0.461 e. The molecule has 2 nitrogen and oxygen atoms in total. The number of esters is 1. The van der Waals surface area contributed by atoms with Gasteiger partial charge in [-0.05, 0) is 17.4 Å². The summed E-state index contributed by atoms with van der Waals surface area (Å²) in [6.07, 6.45) is 4.37. The maximum Gasteiger partial charge on any atom is 0.309 e. The maximum atomic E-state index is 12.3. The third kappa shape index (κ3) is 5.77. The highest BCUT2D eigenvalue weighted by molar-refractivity contribution is 5.73. The first kappa shape index (κ1) is 16.7. The summed E-state index contributed by atoms with van der Waals surface area (Å²) < 4.78 is 5.51. The second-order valence-electron chi connectivity index (χ2n) is 6.51. The lowest BCUT2D eigenvalue weighted by atomic mass is 9.78. The molecule has 0 amide bonds. The molecule has 0 fully saturated rings. The molecule has 112 valence electrons. The Labute approximate surface area is 123 Å². The van der Waals surface area contributed by atoms with Crippen LogP contribution in [0, 0.1) is 11.3 Å². The van der Waals surface area contributed by atoms with Gasteiger partial charge < -0.3 is 4.74 Å². The minimum absolute atomic E-state index is 0.0160. The SMILES string of the molecule is CCCCCC(C(=O)OCc1ccccc1)C(C)(C)C. The van der Waals surface area contributed by atoms with E-state index in [-0.39, 0.29) is 17.3 Å². The van der Waals surface area contributed by atoms with Gasteiger partial charge in [-0.2, -0.15) is 0 Å². The molecule has 0 bridgehead atoms. The van der Waals surface area contributed by atoms with Crippen LogP contribution in [0.15, 0.2) is 30.3 Å². The molecular weight excluding hydrogens is 248 g/mol. The van der Waals surface area contributed by atoms with E-state index in [1.54, 1.807) is 0 Å². The Morgan fingerprint density at radius 2 is 1.80 bits per heavy atom. The normalized spacial score (nSPS) is 13.0. The topological polar surface area (TPSA) is 26.3 Å². The van der Waals surface area contributed by atoms with Crippen LogP contribution in [0.4, 0.5) is 0 Å². The molecule has 0 N–H and O–H groups in total. The Hall–Kier alpha value is -1.31. The maximum absolute atomic E-state index is 12.3. The second-order valence-corrected chi connectivity index (χ2v) is 6.51. The quantitative estimate of drug-likeness (QED) is 0.519. The van der Waals surface area contributed by atoms with Gasteiger partial charge in [-0.1, -0.05) is 77.3 Å². The fourth-order valence-corrected chi connectivity index (χ4v) is 2.33. The van der Waals surface area contributed by atoms with E-state index >= 15 is 0 Å². The van der Waals surface area contributed by atoms with E-state index in [0.717, 1.165) is 18.4 Å². The number of hydrogen-bond acceptors (Lipinski definition) is 2. The number of carbonyl (C=O) groups excluding carboxylic acids is 1. The molecule has 1 atom stereocenters. The first-order valence-electron chi connectivity index (χ1n) is 7.65. The molecule has 1 aromatic rings. The third-order valence-electron chi connectivity index (χ3n) is 3.65. The summed E-state index contributed by atoms with van der Waals surface area (Å²) in [6, 6.07) is 9.86. The molecule has 1 aromatic carbocycles. The lowest BCUT2D eigenvalue weighted by Gasteiger charge is -2.29. The zero-order valence-electron chi connectivity index (χ0n) is 13.3. The van der Waals surface area contributed by atoms with Crippen molar-refractivity contribution < 1.29 is 9.53 Å². The van der Waals surface area contributed by atoms with Gasteiger partial charge in [0.25, 0.3) is 0 Å². The van der Waals surface area contributed by atoms with Crippen molar-refractivity contribution in [2.45, 2.75) is 60.0 Å². The van der Waals surface area contributed by atoms with Gasteiger partial charge in [-0.15, -0.1) is 0 Å². The van der Waals surface area contributed by atoms with Crippen molar-refractivity contribution in [3.63, 3.8) is 0 Å². The monoisotopic (exact) mass is 276 g/mol. The molecule has 0 aromatic heterocycles. The Balaban J connectivity index is 2.55. The highest BCUT2D eigenvalue weighted by Crippen LogP contribution is 2.31. The Kier molecular flexibility index (Phi) is 6.77. The molecule has 0 heterocycles. The first-order chi connectivity index (χ1) is 9.45. The van der Waals surface area contributed by atoms with Crippen LogP contribution in [0.25, 0.3) is 0 Å².